The fraction of sp³-hybridized carbons (Fsp3) is 0.250. The summed E-state index contributed by atoms with van der Waals surface area (Å²) in [6.45, 7) is 2.40. The Hall–Kier alpha value is -1.56. The Morgan fingerprint density at radius 2 is 1.50 bits per heavy atom. The van der Waals surface area contributed by atoms with Gasteiger partial charge in [-0.05, 0) is 48.2 Å². The molecule has 3 N–H and O–H groups in total. The van der Waals surface area contributed by atoms with E-state index in [1.54, 1.807) is 12.1 Å². The Morgan fingerprint density at radius 3 is 2.05 bits per heavy atom. The fourth-order valence-electron chi connectivity index (χ4n) is 2.00. The van der Waals surface area contributed by atoms with Gasteiger partial charge in [-0.25, -0.2) is 13.1 Å². The zero-order chi connectivity index (χ0) is 15.3. The Kier molecular flexibility index (Phi) is 6.87. The predicted molar refractivity (Wildman–Crippen MR) is 92.8 cm³/mol. The summed E-state index contributed by atoms with van der Waals surface area (Å²) >= 11 is 0. The average Bonchev–Trinajstić information content (AvgIpc) is 2.49. The van der Waals surface area contributed by atoms with Crippen LogP contribution in [0, 0.1) is 0 Å². The number of anilines is 1. The van der Waals surface area contributed by atoms with Crippen molar-refractivity contribution in [3.8, 4) is 0 Å². The van der Waals surface area contributed by atoms with E-state index in [1.807, 2.05) is 43.3 Å². The van der Waals surface area contributed by atoms with Crippen LogP contribution in [0.3, 0.4) is 0 Å². The van der Waals surface area contributed by atoms with Crippen molar-refractivity contribution >= 4 is 28.1 Å². The molecule has 2 rings (SSSR count). The molecule has 0 bridgehead atoms. The third-order valence-electron chi connectivity index (χ3n) is 3.33. The van der Waals surface area contributed by atoms with Gasteiger partial charge in [-0.1, -0.05) is 31.2 Å². The van der Waals surface area contributed by atoms with E-state index in [0.717, 1.165) is 17.5 Å². The monoisotopic (exact) mass is 340 g/mol. The lowest BCUT2D eigenvalue weighted by atomic mass is 10.1. The maximum absolute atomic E-state index is 12.1. The van der Waals surface area contributed by atoms with E-state index < -0.39 is 10.0 Å². The molecule has 22 heavy (non-hydrogen) atoms. The van der Waals surface area contributed by atoms with Gasteiger partial charge >= 0.3 is 0 Å². The lowest BCUT2D eigenvalue weighted by Gasteiger charge is -2.07. The first-order valence-electron chi connectivity index (χ1n) is 6.94. The lowest BCUT2D eigenvalue weighted by molar-refractivity contribution is 0.581. The van der Waals surface area contributed by atoms with Gasteiger partial charge in [-0.2, -0.15) is 0 Å². The molecule has 0 radical (unpaired) electrons. The number of hydrogen-bond acceptors (Lipinski definition) is 3. The second kappa shape index (κ2) is 8.17. The number of hydrogen-bond donors (Lipinski definition) is 2. The van der Waals surface area contributed by atoms with Crippen LogP contribution in [0.2, 0.25) is 0 Å². The molecule has 6 heteroatoms. The van der Waals surface area contributed by atoms with Crippen molar-refractivity contribution in [1.82, 2.24) is 4.72 Å². The maximum Gasteiger partial charge on any atom is 0.240 e. The SMILES string of the molecule is CCc1ccc(S(=O)(=O)NCCc2ccc(N)cc2)cc1.Cl. The molecule has 120 valence electrons. The van der Waals surface area contributed by atoms with Crippen molar-refractivity contribution in [2.45, 2.75) is 24.7 Å². The van der Waals surface area contributed by atoms with E-state index in [-0.39, 0.29) is 12.4 Å². The summed E-state index contributed by atoms with van der Waals surface area (Å²) in [5, 5.41) is 0. The topological polar surface area (TPSA) is 72.2 Å². The first-order chi connectivity index (χ1) is 10.0. The lowest BCUT2D eigenvalue weighted by Crippen LogP contribution is -2.26. The molecule has 0 saturated carbocycles. The molecular weight excluding hydrogens is 320 g/mol. The fourth-order valence-corrected chi connectivity index (χ4v) is 3.03. The van der Waals surface area contributed by atoms with Crippen molar-refractivity contribution in [3.63, 3.8) is 0 Å². The molecule has 0 fully saturated rings. The highest BCUT2D eigenvalue weighted by Crippen LogP contribution is 2.11. The number of nitrogen functional groups attached to an aromatic ring is 1. The molecule has 0 saturated heterocycles. The predicted octanol–water partition coefficient (Wildman–Crippen LogP) is 2.77. The van der Waals surface area contributed by atoms with Crippen molar-refractivity contribution in [2.75, 3.05) is 12.3 Å². The summed E-state index contributed by atoms with van der Waals surface area (Å²) in [7, 11) is -3.44. The van der Waals surface area contributed by atoms with Crippen molar-refractivity contribution < 1.29 is 8.42 Å². The van der Waals surface area contributed by atoms with E-state index in [0.29, 0.717) is 23.5 Å². The van der Waals surface area contributed by atoms with Crippen molar-refractivity contribution in [3.05, 3.63) is 59.7 Å². The maximum atomic E-state index is 12.1. The molecule has 0 aliphatic heterocycles. The van der Waals surface area contributed by atoms with Crippen molar-refractivity contribution in [2.24, 2.45) is 0 Å². The molecule has 0 aliphatic rings. The quantitative estimate of drug-likeness (QED) is 0.794. The van der Waals surface area contributed by atoms with Crippen LogP contribution in [-0.4, -0.2) is 15.0 Å². The Balaban J connectivity index is 0.00000242. The highest BCUT2D eigenvalue weighted by atomic mass is 35.5. The Bertz CT molecular complexity index is 683. The van der Waals surface area contributed by atoms with Gasteiger partial charge in [0.05, 0.1) is 4.90 Å². The van der Waals surface area contributed by atoms with Gasteiger partial charge < -0.3 is 5.73 Å². The molecule has 0 unspecified atom stereocenters. The minimum atomic E-state index is -3.44. The number of nitrogens with two attached hydrogens (primary N) is 1. The standard InChI is InChI=1S/C16H20N2O2S.ClH/c1-2-13-5-9-16(10-6-13)21(19,20)18-12-11-14-3-7-15(17)8-4-14;/h3-10,18H,2,11-12,17H2,1H3;1H. The van der Waals surface area contributed by atoms with Crippen LogP contribution in [0.1, 0.15) is 18.1 Å². The minimum Gasteiger partial charge on any atom is -0.399 e. The van der Waals surface area contributed by atoms with E-state index in [9.17, 15) is 8.42 Å². The zero-order valence-electron chi connectivity index (χ0n) is 12.5. The molecule has 2 aromatic rings. The van der Waals surface area contributed by atoms with Gasteiger partial charge in [0.1, 0.15) is 0 Å². The van der Waals surface area contributed by atoms with Crippen LogP contribution in [-0.2, 0) is 22.9 Å². The second-order valence-corrected chi connectivity index (χ2v) is 6.65. The van der Waals surface area contributed by atoms with E-state index in [2.05, 4.69) is 4.72 Å². The first kappa shape index (κ1) is 18.5. The summed E-state index contributed by atoms with van der Waals surface area (Å²) in [6.07, 6.45) is 1.53. The van der Waals surface area contributed by atoms with Gasteiger partial charge in [0.25, 0.3) is 0 Å². The van der Waals surface area contributed by atoms with E-state index in [4.69, 9.17) is 5.73 Å². The summed E-state index contributed by atoms with van der Waals surface area (Å²) in [5.74, 6) is 0. The summed E-state index contributed by atoms with van der Waals surface area (Å²) < 4.78 is 26.9. The Labute approximate surface area is 138 Å². The van der Waals surface area contributed by atoms with E-state index >= 15 is 0 Å². The molecule has 4 nitrogen and oxygen atoms in total. The summed E-state index contributed by atoms with van der Waals surface area (Å²) in [5.41, 5.74) is 8.49. The van der Waals surface area contributed by atoms with Gasteiger partial charge in [0.2, 0.25) is 10.0 Å². The van der Waals surface area contributed by atoms with Crippen LogP contribution in [0.15, 0.2) is 53.4 Å². The highest BCUT2D eigenvalue weighted by molar-refractivity contribution is 7.89. The largest absolute Gasteiger partial charge is 0.399 e. The van der Waals surface area contributed by atoms with Gasteiger partial charge in [-0.3, -0.25) is 0 Å². The molecule has 0 heterocycles. The number of rotatable bonds is 6. The number of sulfonamides is 1. The molecule has 2 aromatic carbocycles. The number of nitrogens with one attached hydrogen (secondary N) is 1. The van der Waals surface area contributed by atoms with Crippen LogP contribution >= 0.6 is 12.4 Å². The van der Waals surface area contributed by atoms with Gasteiger partial charge in [0.15, 0.2) is 0 Å². The highest BCUT2D eigenvalue weighted by Gasteiger charge is 2.12. The van der Waals surface area contributed by atoms with Crippen LogP contribution in [0.25, 0.3) is 0 Å². The van der Waals surface area contributed by atoms with Gasteiger partial charge in [0, 0.05) is 12.2 Å². The number of halogens is 1. The molecule has 0 amide bonds. The Morgan fingerprint density at radius 1 is 0.955 bits per heavy atom. The van der Waals surface area contributed by atoms with Crippen molar-refractivity contribution in [1.29, 1.82) is 0 Å². The molecular formula is C16H21ClN2O2S. The first-order valence-corrected chi connectivity index (χ1v) is 8.42. The van der Waals surface area contributed by atoms with E-state index in [1.165, 1.54) is 0 Å². The number of benzene rings is 2. The smallest absolute Gasteiger partial charge is 0.240 e. The van der Waals surface area contributed by atoms with Gasteiger partial charge in [-0.15, -0.1) is 12.4 Å². The minimum absolute atomic E-state index is 0. The third-order valence-corrected chi connectivity index (χ3v) is 4.80. The summed E-state index contributed by atoms with van der Waals surface area (Å²) in [4.78, 5) is 0.303. The third kappa shape index (κ3) is 5.02. The molecule has 0 aliphatic carbocycles. The molecule has 0 aromatic heterocycles. The zero-order valence-corrected chi connectivity index (χ0v) is 14.1. The summed E-state index contributed by atoms with van der Waals surface area (Å²) in [6, 6.07) is 14.4. The normalized spacial score (nSPS) is 11.0. The van der Waals surface area contributed by atoms with Crippen LogP contribution < -0.4 is 10.5 Å². The number of aryl methyl sites for hydroxylation is 1. The molecule has 0 spiro atoms. The molecule has 0 atom stereocenters. The van der Waals surface area contributed by atoms with Crippen LogP contribution in [0.5, 0.6) is 0 Å². The average molecular weight is 341 g/mol. The second-order valence-electron chi connectivity index (χ2n) is 4.89. The van der Waals surface area contributed by atoms with Crippen LogP contribution in [0.4, 0.5) is 5.69 Å².